The first-order valence-electron chi connectivity index (χ1n) is 14.9. The molecule has 3 aromatic carbocycles. The Hall–Kier alpha value is -1.41. The molecule has 0 radical (unpaired) electrons. The van der Waals surface area contributed by atoms with E-state index in [1.165, 1.54) is 58.1 Å². The molecule has 0 nitrogen and oxygen atoms in total. The minimum Gasteiger partial charge on any atom is -0.129 e. The van der Waals surface area contributed by atoms with Crippen LogP contribution in [0.2, 0.25) is 0 Å². The zero-order valence-corrected chi connectivity index (χ0v) is 27.9. The Labute approximate surface area is 271 Å². The summed E-state index contributed by atoms with van der Waals surface area (Å²) in [5.41, 5.74) is 8.54. The zero-order valence-electron chi connectivity index (χ0n) is 27.9. The Kier molecular flexibility index (Phi) is 14.4. The maximum Gasteiger partial charge on any atom is 1.00 e. The smallest absolute Gasteiger partial charge is 0.129 e. The summed E-state index contributed by atoms with van der Waals surface area (Å²) in [5, 5.41) is 0. The van der Waals surface area contributed by atoms with Crippen LogP contribution in [0, 0.1) is 23.7 Å². The quantitative estimate of drug-likeness (QED) is 0.257. The molecule has 0 aliphatic carbocycles. The van der Waals surface area contributed by atoms with Gasteiger partial charge in [0.1, 0.15) is 0 Å². The molecule has 0 N–H and O–H groups in total. The van der Waals surface area contributed by atoms with E-state index < -0.39 is 0 Å². The van der Waals surface area contributed by atoms with Crippen LogP contribution in [0.4, 0.5) is 0 Å². The molecule has 0 aliphatic rings. The molecule has 0 fully saturated rings. The average Bonchev–Trinajstić information content (AvgIpc) is 2.89. The minimum atomic E-state index is 0. The summed E-state index contributed by atoms with van der Waals surface area (Å²) < 4.78 is 0. The molecule has 3 rings (SSSR count). The maximum absolute atomic E-state index is 2.46. The predicted octanol–water partition coefficient (Wildman–Crippen LogP) is 5.10. The second-order valence-corrected chi connectivity index (χ2v) is 13.6. The Balaban J connectivity index is 0.00000400. The Bertz CT molecular complexity index is 1040. The van der Waals surface area contributed by atoms with Crippen molar-refractivity contribution in [1.82, 2.24) is 0 Å². The van der Waals surface area contributed by atoms with E-state index >= 15 is 0 Å². The van der Waals surface area contributed by atoms with Crippen LogP contribution >= 0.6 is 0 Å². The summed E-state index contributed by atoms with van der Waals surface area (Å²) in [6.07, 6.45) is 4.56. The molecule has 0 heterocycles. The molecule has 0 spiro atoms. The molecule has 0 aliphatic heterocycles. The zero-order chi connectivity index (χ0) is 28.1. The fourth-order valence-corrected chi connectivity index (χ4v) is 5.03. The van der Waals surface area contributed by atoms with Gasteiger partial charge in [-0.1, -0.05) is 130 Å². The van der Waals surface area contributed by atoms with Crippen molar-refractivity contribution in [2.24, 2.45) is 11.8 Å². The van der Waals surface area contributed by atoms with Gasteiger partial charge >= 0.3 is 37.7 Å². The van der Waals surface area contributed by atoms with Gasteiger partial charge in [0.15, 0.2) is 0 Å². The van der Waals surface area contributed by atoms with Crippen LogP contribution in [0.5, 0.6) is 0 Å². The SMILES string of the molecule is CCC(C)C[C-](c1ccc(C(C)(C)C)cc1)c1cccc([C-](CC(C)CC)c2ccc(C(C)(C)C)cc2)c1.[Li+].[Li+]. The average molecular weight is 523 g/mol. The van der Waals surface area contributed by atoms with Crippen LogP contribution in [-0.4, -0.2) is 0 Å². The molecular weight excluding hydrogens is 470 g/mol. The molecule has 2 unspecified atom stereocenters. The van der Waals surface area contributed by atoms with E-state index in [1.54, 1.807) is 0 Å². The van der Waals surface area contributed by atoms with Gasteiger partial charge in [0.25, 0.3) is 0 Å². The van der Waals surface area contributed by atoms with E-state index in [-0.39, 0.29) is 48.6 Å². The van der Waals surface area contributed by atoms with Gasteiger partial charge in [0, 0.05) is 0 Å². The van der Waals surface area contributed by atoms with Gasteiger partial charge in [-0.15, -0.1) is 82.6 Å². The first-order valence-corrected chi connectivity index (χ1v) is 14.9. The number of hydrogen-bond donors (Lipinski definition) is 0. The summed E-state index contributed by atoms with van der Waals surface area (Å²) in [6, 6.07) is 28.1. The van der Waals surface area contributed by atoms with Gasteiger partial charge in [-0.25, -0.2) is 0 Å². The van der Waals surface area contributed by atoms with Crippen molar-refractivity contribution in [3.8, 4) is 0 Å². The van der Waals surface area contributed by atoms with E-state index in [0.717, 1.165) is 12.8 Å². The summed E-state index contributed by atoms with van der Waals surface area (Å²) in [4.78, 5) is 0. The van der Waals surface area contributed by atoms with Gasteiger partial charge in [-0.2, -0.15) is 0 Å². The van der Waals surface area contributed by atoms with Gasteiger partial charge < -0.3 is 0 Å². The molecule has 0 aromatic heterocycles. The van der Waals surface area contributed by atoms with Crippen molar-refractivity contribution in [3.63, 3.8) is 0 Å². The number of rotatable bonds is 10. The molecule has 0 saturated carbocycles. The fourth-order valence-electron chi connectivity index (χ4n) is 5.03. The molecule has 2 atom stereocenters. The van der Waals surface area contributed by atoms with Crippen LogP contribution in [0.15, 0.2) is 72.8 Å². The third kappa shape index (κ3) is 9.85. The van der Waals surface area contributed by atoms with Gasteiger partial charge in [0.2, 0.25) is 0 Å². The number of hydrogen-bond acceptors (Lipinski definition) is 0. The molecule has 2 heteroatoms. The van der Waals surface area contributed by atoms with Crippen LogP contribution in [0.3, 0.4) is 0 Å². The first-order chi connectivity index (χ1) is 17.8. The van der Waals surface area contributed by atoms with Crippen LogP contribution in [0.25, 0.3) is 0 Å². The third-order valence-electron chi connectivity index (χ3n) is 8.26. The van der Waals surface area contributed by atoms with Crippen molar-refractivity contribution in [1.29, 1.82) is 0 Å². The monoisotopic (exact) mass is 522 g/mol. The van der Waals surface area contributed by atoms with E-state index in [1.807, 2.05) is 0 Å². The molecule has 3 aromatic rings. The second kappa shape index (κ2) is 15.7. The van der Waals surface area contributed by atoms with Crippen LogP contribution < -0.4 is 37.7 Å². The first kappa shape index (κ1) is 36.6. The minimum absolute atomic E-state index is 0. The van der Waals surface area contributed by atoms with E-state index in [9.17, 15) is 0 Å². The Morgan fingerprint density at radius 2 is 0.850 bits per heavy atom. The molecule has 0 saturated heterocycles. The van der Waals surface area contributed by atoms with Crippen LogP contribution in [-0.2, 0) is 10.8 Å². The van der Waals surface area contributed by atoms with E-state index in [4.69, 9.17) is 0 Å². The Morgan fingerprint density at radius 3 is 1.12 bits per heavy atom. The fraction of sp³-hybridized carbons (Fsp3) is 0.474. The normalized spacial score (nSPS) is 13.1. The predicted molar refractivity (Wildman–Crippen MR) is 168 cm³/mol. The largest absolute Gasteiger partial charge is 1.00 e. The van der Waals surface area contributed by atoms with E-state index in [2.05, 4.69) is 142 Å². The number of benzene rings is 3. The van der Waals surface area contributed by atoms with Crippen LogP contribution in [0.1, 0.15) is 128 Å². The summed E-state index contributed by atoms with van der Waals surface area (Å²) >= 11 is 0. The Morgan fingerprint density at radius 1 is 0.525 bits per heavy atom. The second-order valence-electron chi connectivity index (χ2n) is 13.6. The molecular formula is C38H52Li2. The van der Waals surface area contributed by atoms with Gasteiger partial charge in [-0.05, 0) is 22.7 Å². The summed E-state index contributed by atoms with van der Waals surface area (Å²) in [7, 11) is 0. The van der Waals surface area contributed by atoms with Gasteiger partial charge in [-0.3, -0.25) is 0 Å². The molecule has 40 heavy (non-hydrogen) atoms. The maximum atomic E-state index is 2.46. The standard InChI is InChI=1S/C38H52.2Li/c1-11-27(3)24-35(29-16-20-33(21-17-29)37(5,6)7)31-14-13-15-32(26-31)36(25-28(4)12-2)30-18-22-34(23-19-30)38(8,9)10;;/h13-23,26-28H,11-12,24-25H2,1-10H3;;/q-2;2*+1. The van der Waals surface area contributed by atoms with E-state index in [0.29, 0.717) is 11.8 Å². The van der Waals surface area contributed by atoms with Crippen molar-refractivity contribution in [2.75, 3.05) is 0 Å². The topological polar surface area (TPSA) is 0 Å². The van der Waals surface area contributed by atoms with Gasteiger partial charge in [0.05, 0.1) is 0 Å². The van der Waals surface area contributed by atoms with Crippen molar-refractivity contribution in [2.45, 2.75) is 106 Å². The molecule has 206 valence electrons. The summed E-state index contributed by atoms with van der Waals surface area (Å²) in [5.74, 6) is 4.22. The molecule has 0 bridgehead atoms. The van der Waals surface area contributed by atoms with Crippen molar-refractivity contribution >= 4 is 0 Å². The van der Waals surface area contributed by atoms with Crippen molar-refractivity contribution < 1.29 is 37.7 Å². The third-order valence-corrected chi connectivity index (χ3v) is 8.26. The molecule has 0 amide bonds. The summed E-state index contributed by atoms with van der Waals surface area (Å²) in [6.45, 7) is 23.1. The van der Waals surface area contributed by atoms with Crippen molar-refractivity contribution in [3.05, 3.63) is 118 Å².